The third kappa shape index (κ3) is 3.89. The van der Waals surface area contributed by atoms with Gasteiger partial charge < -0.3 is 15.2 Å². The van der Waals surface area contributed by atoms with E-state index in [1.807, 2.05) is 54.7 Å². The largest absolute Gasteiger partial charge is 0.508 e. The van der Waals surface area contributed by atoms with Crippen LogP contribution in [-0.2, 0) is 11.3 Å². The smallest absolute Gasteiger partial charge is 0.224 e. The van der Waals surface area contributed by atoms with Gasteiger partial charge in [0.2, 0.25) is 5.91 Å². The Balaban J connectivity index is 1.33. The Bertz CT molecular complexity index is 1300. The Morgan fingerprint density at radius 2 is 1.97 bits per heavy atom. The predicted molar refractivity (Wildman–Crippen MR) is 125 cm³/mol. The number of benzene rings is 3. The second-order valence-corrected chi connectivity index (χ2v) is 8.19. The molecule has 4 aromatic rings. The lowest BCUT2D eigenvalue weighted by Crippen LogP contribution is -2.25. The van der Waals surface area contributed by atoms with Crippen LogP contribution >= 0.6 is 0 Å². The molecule has 0 saturated heterocycles. The Labute approximate surface area is 186 Å². The number of methoxy groups -OCH3 is 1. The van der Waals surface area contributed by atoms with Gasteiger partial charge in [-0.15, -0.1) is 0 Å². The molecule has 5 rings (SSSR count). The van der Waals surface area contributed by atoms with E-state index in [1.54, 1.807) is 25.4 Å². The van der Waals surface area contributed by atoms with Gasteiger partial charge in [0.1, 0.15) is 11.5 Å². The molecule has 1 fully saturated rings. The molecule has 5 heteroatoms. The highest BCUT2D eigenvalue weighted by Crippen LogP contribution is 2.48. The summed E-state index contributed by atoms with van der Waals surface area (Å²) >= 11 is 0. The SMILES string of the molecule is COc1cccc(C2CC2C(=O)NCc2ccc(-c3cccc(O)c3)c3ccncc23)c1. The fourth-order valence-corrected chi connectivity index (χ4v) is 4.37. The normalized spacial score (nSPS) is 17.2. The summed E-state index contributed by atoms with van der Waals surface area (Å²) < 4.78 is 5.30. The molecule has 1 aliphatic carbocycles. The number of aromatic nitrogens is 1. The molecule has 0 radical (unpaired) electrons. The van der Waals surface area contributed by atoms with Crippen molar-refractivity contribution in [3.63, 3.8) is 0 Å². The number of phenolic OH excluding ortho intramolecular Hbond substituents is 1. The van der Waals surface area contributed by atoms with Crippen molar-refractivity contribution in [2.24, 2.45) is 5.92 Å². The van der Waals surface area contributed by atoms with Crippen LogP contribution in [0.25, 0.3) is 21.9 Å². The molecular formula is C27H24N2O3. The number of hydrogen-bond donors (Lipinski definition) is 2. The van der Waals surface area contributed by atoms with E-state index < -0.39 is 0 Å². The number of phenols is 1. The minimum atomic E-state index is -0.00179. The van der Waals surface area contributed by atoms with Gasteiger partial charge in [-0.05, 0) is 70.3 Å². The number of carbonyl (C=O) groups is 1. The first kappa shape index (κ1) is 20.1. The molecule has 1 aromatic heterocycles. The second-order valence-electron chi connectivity index (χ2n) is 8.19. The van der Waals surface area contributed by atoms with Gasteiger partial charge in [0.25, 0.3) is 0 Å². The third-order valence-electron chi connectivity index (χ3n) is 6.17. The van der Waals surface area contributed by atoms with Crippen molar-refractivity contribution in [1.29, 1.82) is 0 Å². The summed E-state index contributed by atoms with van der Waals surface area (Å²) in [6.45, 7) is 0.447. The van der Waals surface area contributed by atoms with Crippen molar-refractivity contribution in [1.82, 2.24) is 10.3 Å². The topological polar surface area (TPSA) is 71.5 Å². The first-order chi connectivity index (χ1) is 15.6. The lowest BCUT2D eigenvalue weighted by molar-refractivity contribution is -0.122. The lowest BCUT2D eigenvalue weighted by atomic mass is 9.96. The molecule has 2 unspecified atom stereocenters. The van der Waals surface area contributed by atoms with Crippen LogP contribution in [0.3, 0.4) is 0 Å². The molecule has 160 valence electrons. The van der Waals surface area contributed by atoms with Crippen molar-refractivity contribution >= 4 is 16.7 Å². The van der Waals surface area contributed by atoms with Crippen molar-refractivity contribution < 1.29 is 14.6 Å². The maximum absolute atomic E-state index is 12.8. The number of rotatable bonds is 6. The summed E-state index contributed by atoms with van der Waals surface area (Å²) in [4.78, 5) is 17.1. The summed E-state index contributed by atoms with van der Waals surface area (Å²) in [5.74, 6) is 1.37. The van der Waals surface area contributed by atoms with E-state index in [2.05, 4.69) is 16.4 Å². The van der Waals surface area contributed by atoms with E-state index in [1.165, 1.54) is 0 Å². The Morgan fingerprint density at radius 1 is 1.09 bits per heavy atom. The molecule has 3 aromatic carbocycles. The fraction of sp³-hybridized carbons (Fsp3) is 0.185. The van der Waals surface area contributed by atoms with Crippen molar-refractivity contribution in [3.8, 4) is 22.6 Å². The van der Waals surface area contributed by atoms with Gasteiger partial charge in [-0.2, -0.15) is 0 Å². The van der Waals surface area contributed by atoms with E-state index in [9.17, 15) is 9.90 Å². The number of pyridine rings is 1. The third-order valence-corrected chi connectivity index (χ3v) is 6.17. The molecule has 1 saturated carbocycles. The van der Waals surface area contributed by atoms with Crippen molar-refractivity contribution in [2.75, 3.05) is 7.11 Å². The van der Waals surface area contributed by atoms with Gasteiger partial charge in [0.15, 0.2) is 0 Å². The molecule has 1 heterocycles. The Kier molecular flexibility index (Phi) is 5.23. The number of amides is 1. The molecule has 0 spiro atoms. The molecule has 32 heavy (non-hydrogen) atoms. The number of ether oxygens (including phenoxy) is 1. The zero-order valence-corrected chi connectivity index (χ0v) is 17.8. The van der Waals surface area contributed by atoms with Crippen LogP contribution in [0.2, 0.25) is 0 Å². The van der Waals surface area contributed by atoms with Crippen LogP contribution in [0.15, 0.2) is 79.1 Å². The summed E-state index contributed by atoms with van der Waals surface area (Å²) in [5.41, 5.74) is 4.13. The number of nitrogens with zero attached hydrogens (tertiary/aromatic N) is 1. The minimum absolute atomic E-state index is 0.00179. The van der Waals surface area contributed by atoms with Crippen LogP contribution in [0.4, 0.5) is 0 Å². The van der Waals surface area contributed by atoms with Crippen LogP contribution in [0, 0.1) is 5.92 Å². The van der Waals surface area contributed by atoms with E-state index in [-0.39, 0.29) is 23.5 Å². The summed E-state index contributed by atoms with van der Waals surface area (Å²) in [7, 11) is 1.65. The summed E-state index contributed by atoms with van der Waals surface area (Å²) in [6, 6.07) is 21.2. The van der Waals surface area contributed by atoms with Gasteiger partial charge in [0, 0.05) is 30.2 Å². The Hall–Kier alpha value is -3.86. The number of carbonyl (C=O) groups excluding carboxylic acids is 1. The first-order valence-electron chi connectivity index (χ1n) is 10.7. The van der Waals surface area contributed by atoms with Gasteiger partial charge in [0.05, 0.1) is 7.11 Å². The van der Waals surface area contributed by atoms with Crippen LogP contribution in [0.5, 0.6) is 11.5 Å². The maximum atomic E-state index is 12.8. The van der Waals surface area contributed by atoms with Crippen molar-refractivity contribution in [3.05, 3.63) is 90.3 Å². The van der Waals surface area contributed by atoms with E-state index in [4.69, 9.17) is 4.74 Å². The van der Waals surface area contributed by atoms with E-state index in [0.717, 1.165) is 45.2 Å². The van der Waals surface area contributed by atoms with Gasteiger partial charge in [-0.25, -0.2) is 0 Å². The van der Waals surface area contributed by atoms with Crippen LogP contribution < -0.4 is 10.1 Å². The average Bonchev–Trinajstić information content (AvgIpc) is 3.63. The fourth-order valence-electron chi connectivity index (χ4n) is 4.37. The van der Waals surface area contributed by atoms with E-state index >= 15 is 0 Å². The lowest BCUT2D eigenvalue weighted by Gasteiger charge is -2.12. The van der Waals surface area contributed by atoms with E-state index in [0.29, 0.717) is 6.54 Å². The average molecular weight is 425 g/mol. The molecule has 1 aliphatic rings. The number of aromatic hydroxyl groups is 1. The molecule has 5 nitrogen and oxygen atoms in total. The quantitative estimate of drug-likeness (QED) is 0.455. The zero-order chi connectivity index (χ0) is 22.1. The minimum Gasteiger partial charge on any atom is -0.508 e. The number of fused-ring (bicyclic) bond motifs is 1. The number of hydrogen-bond acceptors (Lipinski definition) is 4. The number of nitrogens with one attached hydrogen (secondary N) is 1. The summed E-state index contributed by atoms with van der Waals surface area (Å²) in [6.07, 6.45) is 4.46. The highest BCUT2D eigenvalue weighted by atomic mass is 16.5. The monoisotopic (exact) mass is 424 g/mol. The molecule has 2 atom stereocenters. The van der Waals surface area contributed by atoms with Gasteiger partial charge >= 0.3 is 0 Å². The molecule has 2 N–H and O–H groups in total. The maximum Gasteiger partial charge on any atom is 0.224 e. The predicted octanol–water partition coefficient (Wildman–Crippen LogP) is 5.04. The van der Waals surface area contributed by atoms with Crippen molar-refractivity contribution in [2.45, 2.75) is 18.9 Å². The summed E-state index contributed by atoms with van der Waals surface area (Å²) in [5, 5.41) is 15.0. The van der Waals surface area contributed by atoms with Gasteiger partial charge in [-0.3, -0.25) is 9.78 Å². The highest BCUT2D eigenvalue weighted by molar-refractivity contribution is 5.98. The first-order valence-corrected chi connectivity index (χ1v) is 10.7. The highest BCUT2D eigenvalue weighted by Gasteiger charge is 2.43. The standard InChI is InChI=1S/C27H24N2O3/c1-32-21-7-3-5-18(13-21)24-14-25(24)27(31)29-15-19-8-9-22(17-4-2-6-20(30)12-17)23-10-11-28-16-26(19)23/h2-13,16,24-25,30H,14-15H2,1H3,(H,29,31). The van der Waals surface area contributed by atoms with Gasteiger partial charge in [-0.1, -0.05) is 36.4 Å². The second kappa shape index (κ2) is 8.35. The molecule has 1 amide bonds. The zero-order valence-electron chi connectivity index (χ0n) is 17.8. The van der Waals surface area contributed by atoms with Crippen LogP contribution in [-0.4, -0.2) is 23.1 Å². The molecular weight excluding hydrogens is 400 g/mol. The van der Waals surface area contributed by atoms with Crippen LogP contribution in [0.1, 0.15) is 23.5 Å². The molecule has 0 aliphatic heterocycles. The Morgan fingerprint density at radius 3 is 2.81 bits per heavy atom. The molecule has 0 bridgehead atoms.